The van der Waals surface area contributed by atoms with Crippen molar-refractivity contribution < 1.29 is 36.3 Å². The van der Waals surface area contributed by atoms with E-state index in [1.165, 1.54) is 19.1 Å². The SMILES string of the molecule is CCN(CC(=O)Nc1c(F)cccc1F)C(=O)COc1ccccc1C(F)(F)F. The van der Waals surface area contributed by atoms with Crippen molar-refractivity contribution in [1.29, 1.82) is 0 Å². The normalized spacial score (nSPS) is 11.1. The molecule has 0 aliphatic carbocycles. The summed E-state index contributed by atoms with van der Waals surface area (Å²) >= 11 is 0. The number of amides is 2. The molecule has 1 N–H and O–H groups in total. The molecule has 2 aromatic carbocycles. The molecule has 0 radical (unpaired) electrons. The Morgan fingerprint density at radius 2 is 1.66 bits per heavy atom. The number of hydrogen-bond donors (Lipinski definition) is 1. The average molecular weight is 416 g/mol. The fourth-order valence-electron chi connectivity index (χ4n) is 2.40. The second kappa shape index (κ2) is 9.35. The van der Waals surface area contributed by atoms with Gasteiger partial charge in [-0.1, -0.05) is 18.2 Å². The fourth-order valence-corrected chi connectivity index (χ4v) is 2.40. The van der Waals surface area contributed by atoms with Gasteiger partial charge in [0.05, 0.1) is 12.1 Å². The molecular weight excluding hydrogens is 399 g/mol. The van der Waals surface area contributed by atoms with Gasteiger partial charge in [0.1, 0.15) is 23.1 Å². The van der Waals surface area contributed by atoms with Crippen molar-refractivity contribution in [3.63, 3.8) is 0 Å². The first-order chi connectivity index (χ1) is 13.6. The van der Waals surface area contributed by atoms with Gasteiger partial charge in [-0.3, -0.25) is 9.59 Å². The largest absolute Gasteiger partial charge is 0.483 e. The maximum absolute atomic E-state index is 13.6. The fraction of sp³-hybridized carbons (Fsp3) is 0.263. The lowest BCUT2D eigenvalue weighted by Gasteiger charge is -2.21. The number of benzene rings is 2. The number of nitrogens with zero attached hydrogens (tertiary/aromatic N) is 1. The molecule has 2 rings (SSSR count). The highest BCUT2D eigenvalue weighted by atomic mass is 19.4. The maximum Gasteiger partial charge on any atom is 0.419 e. The summed E-state index contributed by atoms with van der Waals surface area (Å²) < 4.78 is 71.0. The molecule has 0 aliphatic heterocycles. The molecule has 0 saturated heterocycles. The lowest BCUT2D eigenvalue weighted by Crippen LogP contribution is -2.40. The van der Waals surface area contributed by atoms with Gasteiger partial charge in [0.15, 0.2) is 6.61 Å². The smallest absolute Gasteiger partial charge is 0.419 e. The number of anilines is 1. The van der Waals surface area contributed by atoms with Crippen molar-refractivity contribution in [2.24, 2.45) is 0 Å². The van der Waals surface area contributed by atoms with E-state index >= 15 is 0 Å². The Morgan fingerprint density at radius 3 is 2.24 bits per heavy atom. The van der Waals surface area contributed by atoms with Crippen LogP contribution in [0.3, 0.4) is 0 Å². The quantitative estimate of drug-likeness (QED) is 0.698. The number of para-hydroxylation sites is 2. The molecule has 0 aliphatic rings. The predicted molar refractivity (Wildman–Crippen MR) is 94.2 cm³/mol. The molecule has 156 valence electrons. The number of carbonyl (C=O) groups excluding carboxylic acids is 2. The summed E-state index contributed by atoms with van der Waals surface area (Å²) in [4.78, 5) is 25.2. The summed E-state index contributed by atoms with van der Waals surface area (Å²) in [5.41, 5.74) is -1.69. The minimum atomic E-state index is -4.66. The zero-order valence-electron chi connectivity index (χ0n) is 15.2. The van der Waals surface area contributed by atoms with Crippen LogP contribution in [0, 0.1) is 11.6 Å². The van der Waals surface area contributed by atoms with Crippen LogP contribution in [0.4, 0.5) is 27.6 Å². The number of ether oxygens (including phenoxy) is 1. The molecule has 0 saturated carbocycles. The molecule has 0 spiro atoms. The van der Waals surface area contributed by atoms with E-state index in [1.54, 1.807) is 0 Å². The number of alkyl halides is 3. The van der Waals surface area contributed by atoms with Crippen molar-refractivity contribution in [3.8, 4) is 5.75 Å². The number of hydrogen-bond acceptors (Lipinski definition) is 3. The van der Waals surface area contributed by atoms with Gasteiger partial charge in [0.25, 0.3) is 5.91 Å². The zero-order chi connectivity index (χ0) is 21.6. The second-order valence-corrected chi connectivity index (χ2v) is 5.84. The molecule has 2 amide bonds. The van der Waals surface area contributed by atoms with E-state index < -0.39 is 59.8 Å². The highest BCUT2D eigenvalue weighted by Gasteiger charge is 2.34. The Morgan fingerprint density at radius 1 is 1.03 bits per heavy atom. The summed E-state index contributed by atoms with van der Waals surface area (Å²) in [6.45, 7) is 0.241. The van der Waals surface area contributed by atoms with E-state index in [0.29, 0.717) is 0 Å². The van der Waals surface area contributed by atoms with Crippen LogP contribution in [0.2, 0.25) is 0 Å². The van der Waals surface area contributed by atoms with Crippen LogP contribution in [0.25, 0.3) is 0 Å². The molecule has 0 atom stereocenters. The van der Waals surface area contributed by atoms with Gasteiger partial charge in [0, 0.05) is 6.54 Å². The van der Waals surface area contributed by atoms with Crippen LogP contribution in [0.5, 0.6) is 5.75 Å². The highest BCUT2D eigenvalue weighted by Crippen LogP contribution is 2.35. The first-order valence-electron chi connectivity index (χ1n) is 8.44. The Balaban J connectivity index is 2.00. The van der Waals surface area contributed by atoms with Crippen LogP contribution < -0.4 is 10.1 Å². The third-order valence-corrected chi connectivity index (χ3v) is 3.84. The molecular formula is C19H17F5N2O3. The molecule has 5 nitrogen and oxygen atoms in total. The van der Waals surface area contributed by atoms with Crippen molar-refractivity contribution in [2.45, 2.75) is 13.1 Å². The molecule has 0 unspecified atom stereocenters. The van der Waals surface area contributed by atoms with Crippen LogP contribution in [0.1, 0.15) is 12.5 Å². The van der Waals surface area contributed by atoms with Gasteiger partial charge >= 0.3 is 6.18 Å². The summed E-state index contributed by atoms with van der Waals surface area (Å²) in [6.07, 6.45) is -4.66. The van der Waals surface area contributed by atoms with Crippen LogP contribution in [0.15, 0.2) is 42.5 Å². The molecule has 0 heterocycles. The molecule has 0 aromatic heterocycles. The number of likely N-dealkylation sites (N-methyl/N-ethyl adjacent to an activating group) is 1. The van der Waals surface area contributed by atoms with E-state index in [9.17, 15) is 31.5 Å². The summed E-state index contributed by atoms with van der Waals surface area (Å²) in [6, 6.07) is 7.41. The minimum absolute atomic E-state index is 0.0241. The number of carbonyl (C=O) groups is 2. The third kappa shape index (κ3) is 5.90. The predicted octanol–water partition coefficient (Wildman–Crippen LogP) is 3.85. The molecule has 29 heavy (non-hydrogen) atoms. The Bertz CT molecular complexity index is 866. The topological polar surface area (TPSA) is 58.6 Å². The number of nitrogens with one attached hydrogen (secondary N) is 1. The maximum atomic E-state index is 13.6. The summed E-state index contributed by atoms with van der Waals surface area (Å²) in [7, 11) is 0. The zero-order valence-corrected chi connectivity index (χ0v) is 15.2. The number of halogens is 5. The molecule has 0 bridgehead atoms. The second-order valence-electron chi connectivity index (χ2n) is 5.84. The van der Waals surface area contributed by atoms with E-state index in [1.807, 2.05) is 5.32 Å². The first kappa shape index (κ1) is 22.1. The summed E-state index contributed by atoms with van der Waals surface area (Å²) in [5.74, 6) is -4.14. The van der Waals surface area contributed by atoms with E-state index in [-0.39, 0.29) is 6.54 Å². The lowest BCUT2D eigenvalue weighted by atomic mass is 10.2. The molecule has 2 aromatic rings. The van der Waals surface area contributed by atoms with E-state index in [4.69, 9.17) is 4.74 Å². The van der Waals surface area contributed by atoms with Gasteiger partial charge in [0.2, 0.25) is 5.91 Å². The molecule has 10 heteroatoms. The third-order valence-electron chi connectivity index (χ3n) is 3.84. The van der Waals surface area contributed by atoms with Gasteiger partial charge < -0.3 is 15.0 Å². The van der Waals surface area contributed by atoms with Crippen molar-refractivity contribution in [3.05, 3.63) is 59.7 Å². The summed E-state index contributed by atoms with van der Waals surface area (Å²) in [5, 5.41) is 2.03. The average Bonchev–Trinajstić information content (AvgIpc) is 2.66. The first-order valence-corrected chi connectivity index (χ1v) is 8.44. The molecule has 0 fully saturated rings. The van der Waals surface area contributed by atoms with Crippen molar-refractivity contribution >= 4 is 17.5 Å². The van der Waals surface area contributed by atoms with Gasteiger partial charge in [-0.15, -0.1) is 0 Å². The minimum Gasteiger partial charge on any atom is -0.483 e. The van der Waals surface area contributed by atoms with Crippen molar-refractivity contribution in [2.75, 3.05) is 25.0 Å². The standard InChI is InChI=1S/C19H17F5N2O3/c1-2-26(10-16(27)25-18-13(20)7-5-8-14(18)21)17(28)11-29-15-9-4-3-6-12(15)19(22,23)24/h3-9H,2,10-11H2,1H3,(H,25,27). The van der Waals surface area contributed by atoms with Crippen LogP contribution >= 0.6 is 0 Å². The Kier molecular flexibility index (Phi) is 7.13. The highest BCUT2D eigenvalue weighted by molar-refractivity contribution is 5.94. The van der Waals surface area contributed by atoms with Gasteiger partial charge in [-0.05, 0) is 31.2 Å². The van der Waals surface area contributed by atoms with Gasteiger partial charge in [-0.25, -0.2) is 8.78 Å². The van der Waals surface area contributed by atoms with Crippen LogP contribution in [-0.2, 0) is 15.8 Å². The Hall–Kier alpha value is -3.17. The lowest BCUT2D eigenvalue weighted by molar-refractivity contribution is -0.141. The van der Waals surface area contributed by atoms with Crippen LogP contribution in [-0.4, -0.2) is 36.4 Å². The monoisotopic (exact) mass is 416 g/mol. The van der Waals surface area contributed by atoms with Gasteiger partial charge in [-0.2, -0.15) is 13.2 Å². The van der Waals surface area contributed by atoms with E-state index in [2.05, 4.69) is 0 Å². The van der Waals surface area contributed by atoms with Crippen molar-refractivity contribution in [1.82, 2.24) is 4.90 Å². The Labute approximate surface area is 163 Å². The van der Waals surface area contributed by atoms with E-state index in [0.717, 1.165) is 35.2 Å². The number of rotatable bonds is 7.